The molecule has 0 spiro atoms. The third-order valence-corrected chi connectivity index (χ3v) is 3.59. The van der Waals surface area contributed by atoms with Gasteiger partial charge in [-0.25, -0.2) is 0 Å². The van der Waals surface area contributed by atoms with Crippen LogP contribution in [0, 0.1) is 0 Å². The number of nitrogens with zero attached hydrogens (tertiary/aromatic N) is 1. The van der Waals surface area contributed by atoms with Crippen molar-refractivity contribution in [1.82, 2.24) is 10.2 Å². The van der Waals surface area contributed by atoms with E-state index in [9.17, 15) is 0 Å². The zero-order valence-electron chi connectivity index (χ0n) is 11.3. The molecule has 19 heavy (non-hydrogen) atoms. The van der Waals surface area contributed by atoms with Gasteiger partial charge in [0.25, 0.3) is 0 Å². The highest BCUT2D eigenvalue weighted by Crippen LogP contribution is 2.20. The van der Waals surface area contributed by atoms with E-state index in [0.29, 0.717) is 0 Å². The van der Waals surface area contributed by atoms with Gasteiger partial charge in [-0.1, -0.05) is 18.2 Å². The van der Waals surface area contributed by atoms with Crippen molar-refractivity contribution in [3.05, 3.63) is 36.1 Å². The summed E-state index contributed by atoms with van der Waals surface area (Å²) in [6.07, 6.45) is 2.13. The second-order valence-electron chi connectivity index (χ2n) is 5.14. The maximum absolute atomic E-state index is 5.73. The van der Waals surface area contributed by atoms with Gasteiger partial charge in [0.05, 0.1) is 19.0 Å². The minimum Gasteiger partial charge on any atom is -0.464 e. The Balaban J connectivity index is 1.55. The summed E-state index contributed by atoms with van der Waals surface area (Å²) in [6.45, 7) is 4.56. The van der Waals surface area contributed by atoms with Crippen LogP contribution in [0.3, 0.4) is 0 Å². The number of benzene rings is 1. The summed E-state index contributed by atoms with van der Waals surface area (Å²) in [6, 6.07) is 8.13. The van der Waals surface area contributed by atoms with Gasteiger partial charge >= 0.3 is 0 Å². The Bertz CT molecular complexity index is 538. The van der Waals surface area contributed by atoms with Crippen molar-refractivity contribution in [2.75, 3.05) is 33.3 Å². The fourth-order valence-corrected chi connectivity index (χ4v) is 2.53. The molecule has 1 unspecified atom stereocenters. The molecule has 0 radical (unpaired) electrons. The summed E-state index contributed by atoms with van der Waals surface area (Å²) in [5.41, 5.74) is 2.16. The van der Waals surface area contributed by atoms with Crippen molar-refractivity contribution in [2.24, 2.45) is 0 Å². The molecule has 4 heteroatoms. The molecule has 2 heterocycles. The lowest BCUT2D eigenvalue weighted by atomic mass is 10.2. The summed E-state index contributed by atoms with van der Waals surface area (Å²) < 4.78 is 11.3. The monoisotopic (exact) mass is 260 g/mol. The van der Waals surface area contributed by atoms with Gasteiger partial charge < -0.3 is 19.4 Å². The summed E-state index contributed by atoms with van der Waals surface area (Å²) in [4.78, 5) is 2.31. The van der Waals surface area contributed by atoms with Crippen LogP contribution in [0.25, 0.3) is 11.0 Å². The molecule has 1 aliphatic rings. The topological polar surface area (TPSA) is 37.6 Å². The maximum Gasteiger partial charge on any atom is 0.134 e. The maximum atomic E-state index is 5.73. The van der Waals surface area contributed by atoms with Gasteiger partial charge in [0, 0.05) is 37.1 Å². The third kappa shape index (κ3) is 2.97. The third-order valence-electron chi connectivity index (χ3n) is 3.59. The number of furan rings is 1. The standard InChI is InChI=1S/C15H20N2O2/c1-17-6-7-18-13(10-17)9-16-8-12-11-19-15-5-3-2-4-14(12)15/h2-5,11,13,16H,6-10H2,1H3. The van der Waals surface area contributed by atoms with E-state index >= 15 is 0 Å². The van der Waals surface area contributed by atoms with E-state index in [-0.39, 0.29) is 6.10 Å². The second kappa shape index (κ2) is 5.74. The first-order valence-electron chi connectivity index (χ1n) is 6.79. The molecule has 0 saturated carbocycles. The molecule has 102 valence electrons. The van der Waals surface area contributed by atoms with Crippen LogP contribution in [0.4, 0.5) is 0 Å². The van der Waals surface area contributed by atoms with Crippen LogP contribution >= 0.6 is 0 Å². The van der Waals surface area contributed by atoms with Crippen molar-refractivity contribution in [1.29, 1.82) is 0 Å². The number of hydrogen-bond donors (Lipinski definition) is 1. The lowest BCUT2D eigenvalue weighted by Crippen LogP contribution is -2.44. The van der Waals surface area contributed by atoms with Gasteiger partial charge in [-0.15, -0.1) is 0 Å². The van der Waals surface area contributed by atoms with Gasteiger partial charge in [-0.3, -0.25) is 0 Å². The zero-order chi connectivity index (χ0) is 13.1. The molecular weight excluding hydrogens is 240 g/mol. The first kappa shape index (κ1) is 12.7. The Labute approximate surface area is 113 Å². The highest BCUT2D eigenvalue weighted by atomic mass is 16.5. The van der Waals surface area contributed by atoms with Crippen LogP contribution in [0.15, 0.2) is 34.9 Å². The molecular formula is C15H20N2O2. The Morgan fingerprint density at radius 2 is 2.26 bits per heavy atom. The van der Waals surface area contributed by atoms with E-state index in [2.05, 4.69) is 23.3 Å². The highest BCUT2D eigenvalue weighted by molar-refractivity contribution is 5.80. The first-order valence-corrected chi connectivity index (χ1v) is 6.79. The Kier molecular flexibility index (Phi) is 3.82. The fourth-order valence-electron chi connectivity index (χ4n) is 2.53. The lowest BCUT2D eigenvalue weighted by Gasteiger charge is -2.30. The molecule has 0 aliphatic carbocycles. The van der Waals surface area contributed by atoms with Crippen molar-refractivity contribution >= 4 is 11.0 Å². The first-order chi connectivity index (χ1) is 9.33. The molecule has 0 amide bonds. The number of morpholine rings is 1. The lowest BCUT2D eigenvalue weighted by molar-refractivity contribution is -0.0182. The predicted molar refractivity (Wildman–Crippen MR) is 75.2 cm³/mol. The average Bonchev–Trinajstić information content (AvgIpc) is 2.83. The van der Waals surface area contributed by atoms with Crippen LogP contribution in [-0.4, -0.2) is 44.3 Å². The average molecular weight is 260 g/mol. The minimum atomic E-state index is 0.289. The largest absolute Gasteiger partial charge is 0.464 e. The van der Waals surface area contributed by atoms with Crippen molar-refractivity contribution in [3.63, 3.8) is 0 Å². The number of fused-ring (bicyclic) bond motifs is 1. The van der Waals surface area contributed by atoms with Crippen molar-refractivity contribution < 1.29 is 9.15 Å². The number of likely N-dealkylation sites (N-methyl/N-ethyl adjacent to an activating group) is 1. The molecule has 1 saturated heterocycles. The predicted octanol–water partition coefficient (Wildman–Crippen LogP) is 1.85. The summed E-state index contributed by atoms with van der Waals surface area (Å²) in [5.74, 6) is 0. The number of rotatable bonds is 4. The molecule has 1 aromatic carbocycles. The minimum absolute atomic E-state index is 0.289. The zero-order valence-corrected chi connectivity index (χ0v) is 11.3. The number of nitrogens with one attached hydrogen (secondary N) is 1. The number of para-hydroxylation sites is 1. The smallest absolute Gasteiger partial charge is 0.134 e. The Morgan fingerprint density at radius 1 is 1.37 bits per heavy atom. The van der Waals surface area contributed by atoms with Crippen LogP contribution in [0.5, 0.6) is 0 Å². The van der Waals surface area contributed by atoms with E-state index in [0.717, 1.165) is 38.4 Å². The second-order valence-corrected chi connectivity index (χ2v) is 5.14. The molecule has 0 bridgehead atoms. The van der Waals surface area contributed by atoms with Crippen molar-refractivity contribution in [3.8, 4) is 0 Å². The fraction of sp³-hybridized carbons (Fsp3) is 0.467. The molecule has 4 nitrogen and oxygen atoms in total. The molecule has 1 fully saturated rings. The SMILES string of the molecule is CN1CCOC(CNCc2coc3ccccc23)C1. The van der Waals surface area contributed by atoms with E-state index in [4.69, 9.17) is 9.15 Å². The Hall–Kier alpha value is -1.36. The number of hydrogen-bond acceptors (Lipinski definition) is 4. The summed E-state index contributed by atoms with van der Waals surface area (Å²) >= 11 is 0. The molecule has 2 aromatic rings. The van der Waals surface area contributed by atoms with Gasteiger partial charge in [0.2, 0.25) is 0 Å². The van der Waals surface area contributed by atoms with Crippen LogP contribution in [0.1, 0.15) is 5.56 Å². The molecule has 1 N–H and O–H groups in total. The quantitative estimate of drug-likeness (QED) is 0.910. The van der Waals surface area contributed by atoms with Crippen LogP contribution < -0.4 is 5.32 Å². The van der Waals surface area contributed by atoms with E-state index in [1.54, 1.807) is 0 Å². The summed E-state index contributed by atoms with van der Waals surface area (Å²) in [5, 5.41) is 4.65. The van der Waals surface area contributed by atoms with Gasteiger partial charge in [0.15, 0.2) is 0 Å². The van der Waals surface area contributed by atoms with E-state index in [1.165, 1.54) is 10.9 Å². The molecule has 1 aromatic heterocycles. The highest BCUT2D eigenvalue weighted by Gasteiger charge is 2.17. The normalized spacial score (nSPS) is 21.0. The number of ether oxygens (including phenoxy) is 1. The van der Waals surface area contributed by atoms with Gasteiger partial charge in [-0.05, 0) is 13.1 Å². The van der Waals surface area contributed by atoms with E-state index < -0.39 is 0 Å². The van der Waals surface area contributed by atoms with Gasteiger partial charge in [-0.2, -0.15) is 0 Å². The summed E-state index contributed by atoms with van der Waals surface area (Å²) in [7, 11) is 2.14. The molecule has 3 rings (SSSR count). The molecule has 1 aliphatic heterocycles. The van der Waals surface area contributed by atoms with E-state index in [1.807, 2.05) is 24.5 Å². The van der Waals surface area contributed by atoms with Crippen LogP contribution in [-0.2, 0) is 11.3 Å². The van der Waals surface area contributed by atoms with Gasteiger partial charge in [0.1, 0.15) is 5.58 Å². The molecule has 1 atom stereocenters. The van der Waals surface area contributed by atoms with Crippen molar-refractivity contribution in [2.45, 2.75) is 12.6 Å². The Morgan fingerprint density at radius 3 is 3.16 bits per heavy atom. The van der Waals surface area contributed by atoms with Crippen LogP contribution in [0.2, 0.25) is 0 Å².